The van der Waals surface area contributed by atoms with Crippen molar-refractivity contribution < 1.29 is 4.79 Å². The number of nitrogens with zero attached hydrogens (tertiary/aromatic N) is 1. The molecule has 2 aromatic rings. The van der Waals surface area contributed by atoms with E-state index in [0.717, 1.165) is 32.5 Å². The summed E-state index contributed by atoms with van der Waals surface area (Å²) in [4.78, 5) is 15.0. The number of hydrogen-bond donors (Lipinski definition) is 1. The molecule has 1 amide bonds. The molecule has 1 saturated heterocycles. The highest BCUT2D eigenvalue weighted by molar-refractivity contribution is 6.39. The van der Waals surface area contributed by atoms with Crippen LogP contribution in [-0.2, 0) is 11.3 Å². The van der Waals surface area contributed by atoms with Gasteiger partial charge in [0.15, 0.2) is 0 Å². The predicted octanol–water partition coefficient (Wildman–Crippen LogP) is 5.15. The maximum atomic E-state index is 12.5. The second-order valence-corrected chi connectivity index (χ2v) is 7.38. The van der Waals surface area contributed by atoms with Crippen LogP contribution in [0.2, 0.25) is 10.0 Å². The van der Waals surface area contributed by atoms with E-state index >= 15 is 0 Å². The third-order valence-corrected chi connectivity index (χ3v) is 5.45. The number of carbonyl (C=O) groups is 1. The Labute approximate surface area is 158 Å². The zero-order valence-corrected chi connectivity index (χ0v) is 15.8. The number of carbonyl (C=O) groups excluding carboxylic acids is 1. The highest BCUT2D eigenvalue weighted by Gasteiger charge is 2.26. The third-order valence-electron chi connectivity index (χ3n) is 4.82. The van der Waals surface area contributed by atoms with Crippen molar-refractivity contribution in [1.82, 2.24) is 4.90 Å². The first-order valence-corrected chi connectivity index (χ1v) is 9.32. The van der Waals surface area contributed by atoms with Crippen molar-refractivity contribution >= 4 is 34.8 Å². The van der Waals surface area contributed by atoms with Crippen LogP contribution in [0, 0.1) is 12.8 Å². The maximum Gasteiger partial charge on any atom is 0.227 e. The van der Waals surface area contributed by atoms with Gasteiger partial charge in [-0.2, -0.15) is 0 Å². The number of amides is 1. The Bertz CT molecular complexity index is 735. The molecule has 0 radical (unpaired) electrons. The highest BCUT2D eigenvalue weighted by atomic mass is 35.5. The number of hydrogen-bond acceptors (Lipinski definition) is 2. The van der Waals surface area contributed by atoms with Crippen LogP contribution in [-0.4, -0.2) is 23.9 Å². The van der Waals surface area contributed by atoms with Crippen LogP contribution in [0.15, 0.2) is 42.5 Å². The van der Waals surface area contributed by atoms with Crippen LogP contribution in [0.25, 0.3) is 0 Å². The fraction of sp³-hybridized carbons (Fsp3) is 0.350. The number of para-hydroxylation sites is 1. The zero-order valence-electron chi connectivity index (χ0n) is 14.3. The Balaban J connectivity index is 1.55. The van der Waals surface area contributed by atoms with E-state index in [1.54, 1.807) is 18.2 Å². The Hall–Kier alpha value is -1.55. The fourth-order valence-electron chi connectivity index (χ4n) is 3.22. The largest absolute Gasteiger partial charge is 0.323 e. The molecule has 3 nitrogen and oxygen atoms in total. The number of nitrogens with one attached hydrogen (secondary N) is 1. The van der Waals surface area contributed by atoms with Crippen molar-refractivity contribution in [1.29, 1.82) is 0 Å². The highest BCUT2D eigenvalue weighted by Crippen LogP contribution is 2.31. The minimum atomic E-state index is 0.000426. The van der Waals surface area contributed by atoms with E-state index in [1.807, 2.05) is 0 Å². The smallest absolute Gasteiger partial charge is 0.227 e. The van der Waals surface area contributed by atoms with E-state index in [9.17, 15) is 4.79 Å². The first kappa shape index (κ1) is 18.2. The van der Waals surface area contributed by atoms with E-state index < -0.39 is 0 Å². The fourth-order valence-corrected chi connectivity index (χ4v) is 3.72. The van der Waals surface area contributed by atoms with E-state index in [4.69, 9.17) is 23.2 Å². The second-order valence-electron chi connectivity index (χ2n) is 6.56. The molecule has 2 aromatic carbocycles. The van der Waals surface area contributed by atoms with Crippen LogP contribution in [0.5, 0.6) is 0 Å². The molecule has 1 aliphatic heterocycles. The Morgan fingerprint density at radius 3 is 2.36 bits per heavy atom. The summed E-state index contributed by atoms with van der Waals surface area (Å²) in [6, 6.07) is 13.7. The normalized spacial score (nSPS) is 16.0. The first-order valence-electron chi connectivity index (χ1n) is 8.56. The van der Waals surface area contributed by atoms with Crippen molar-refractivity contribution in [3.05, 3.63) is 63.6 Å². The lowest BCUT2D eigenvalue weighted by Crippen LogP contribution is -2.37. The summed E-state index contributed by atoms with van der Waals surface area (Å²) in [7, 11) is 0. The summed E-state index contributed by atoms with van der Waals surface area (Å²) < 4.78 is 0. The van der Waals surface area contributed by atoms with Gasteiger partial charge >= 0.3 is 0 Å². The summed E-state index contributed by atoms with van der Waals surface area (Å²) in [5.74, 6) is 0.00556. The maximum absolute atomic E-state index is 12.5. The quantitative estimate of drug-likeness (QED) is 0.799. The monoisotopic (exact) mass is 376 g/mol. The summed E-state index contributed by atoms with van der Waals surface area (Å²) in [6.07, 6.45) is 1.69. The van der Waals surface area contributed by atoms with Crippen molar-refractivity contribution in [2.24, 2.45) is 5.92 Å². The van der Waals surface area contributed by atoms with Crippen molar-refractivity contribution in [2.75, 3.05) is 18.4 Å². The summed E-state index contributed by atoms with van der Waals surface area (Å²) in [5.41, 5.74) is 3.18. The average Bonchev–Trinajstić information content (AvgIpc) is 2.61. The van der Waals surface area contributed by atoms with Gasteiger partial charge in [-0.25, -0.2) is 0 Å². The van der Waals surface area contributed by atoms with Crippen molar-refractivity contribution in [3.63, 3.8) is 0 Å². The molecular weight excluding hydrogens is 355 g/mol. The minimum absolute atomic E-state index is 0.000426. The number of likely N-dealkylation sites (tertiary alicyclic amines) is 1. The molecule has 25 heavy (non-hydrogen) atoms. The van der Waals surface area contributed by atoms with Gasteiger partial charge in [0.05, 0.1) is 15.7 Å². The molecule has 1 fully saturated rings. The van der Waals surface area contributed by atoms with E-state index in [2.05, 4.69) is 41.4 Å². The molecule has 0 bridgehead atoms. The molecule has 0 atom stereocenters. The molecule has 0 unspecified atom stereocenters. The van der Waals surface area contributed by atoms with Crippen LogP contribution >= 0.6 is 23.2 Å². The lowest BCUT2D eigenvalue weighted by Gasteiger charge is -2.31. The first-order chi connectivity index (χ1) is 12.0. The number of rotatable bonds is 4. The SMILES string of the molecule is Cc1ccccc1CN1CCC(C(=O)Nc2c(Cl)cccc2Cl)CC1. The Kier molecular flexibility index (Phi) is 6.00. The topological polar surface area (TPSA) is 32.3 Å². The molecule has 0 saturated carbocycles. The number of aryl methyl sites for hydroxylation is 1. The molecular formula is C20H22Cl2N2O. The van der Waals surface area contributed by atoms with Gasteiger partial charge in [-0.15, -0.1) is 0 Å². The molecule has 1 heterocycles. The molecule has 1 aliphatic rings. The van der Waals surface area contributed by atoms with Crippen molar-refractivity contribution in [3.8, 4) is 0 Å². The van der Waals surface area contributed by atoms with Crippen LogP contribution in [0.1, 0.15) is 24.0 Å². The predicted molar refractivity (Wildman–Crippen MR) is 104 cm³/mol. The van der Waals surface area contributed by atoms with Gasteiger partial charge in [0.25, 0.3) is 0 Å². The molecule has 1 N–H and O–H groups in total. The van der Waals surface area contributed by atoms with Gasteiger partial charge in [0, 0.05) is 12.5 Å². The standard InChI is InChI=1S/C20H22Cl2N2O/c1-14-5-2-3-6-16(14)13-24-11-9-15(10-12-24)20(25)23-19-17(21)7-4-8-18(19)22/h2-8,15H,9-13H2,1H3,(H,23,25). The number of piperidine rings is 1. The molecule has 132 valence electrons. The van der Waals surface area contributed by atoms with E-state index in [-0.39, 0.29) is 11.8 Å². The van der Waals surface area contributed by atoms with Crippen molar-refractivity contribution in [2.45, 2.75) is 26.3 Å². The summed E-state index contributed by atoms with van der Waals surface area (Å²) >= 11 is 12.3. The van der Waals surface area contributed by atoms with Crippen LogP contribution < -0.4 is 5.32 Å². The van der Waals surface area contributed by atoms with Crippen LogP contribution in [0.4, 0.5) is 5.69 Å². The number of halogens is 2. The van der Waals surface area contributed by atoms with Gasteiger partial charge < -0.3 is 5.32 Å². The van der Waals surface area contributed by atoms with Gasteiger partial charge in [0.2, 0.25) is 5.91 Å². The van der Waals surface area contributed by atoms with E-state index in [1.165, 1.54) is 11.1 Å². The Morgan fingerprint density at radius 1 is 1.08 bits per heavy atom. The summed E-state index contributed by atoms with van der Waals surface area (Å²) in [6.45, 7) is 4.92. The van der Waals surface area contributed by atoms with Gasteiger partial charge in [-0.1, -0.05) is 53.5 Å². The minimum Gasteiger partial charge on any atom is -0.323 e. The lowest BCUT2D eigenvalue weighted by molar-refractivity contribution is -0.121. The van der Waals surface area contributed by atoms with Gasteiger partial charge in [0.1, 0.15) is 0 Å². The third kappa shape index (κ3) is 4.55. The Morgan fingerprint density at radius 2 is 1.72 bits per heavy atom. The molecule has 0 aliphatic carbocycles. The number of anilines is 1. The zero-order chi connectivity index (χ0) is 17.8. The van der Waals surface area contributed by atoms with Gasteiger partial charge in [-0.05, 0) is 56.1 Å². The molecule has 0 spiro atoms. The molecule has 5 heteroatoms. The molecule has 0 aromatic heterocycles. The number of benzene rings is 2. The average molecular weight is 377 g/mol. The molecule has 3 rings (SSSR count). The van der Waals surface area contributed by atoms with Crippen LogP contribution in [0.3, 0.4) is 0 Å². The summed E-state index contributed by atoms with van der Waals surface area (Å²) in [5, 5.41) is 3.84. The van der Waals surface area contributed by atoms with Gasteiger partial charge in [-0.3, -0.25) is 9.69 Å². The second kappa shape index (κ2) is 8.22. The lowest BCUT2D eigenvalue weighted by atomic mass is 9.95. The van der Waals surface area contributed by atoms with E-state index in [0.29, 0.717) is 15.7 Å².